The van der Waals surface area contributed by atoms with Gasteiger partial charge in [-0.05, 0) is 61.5 Å². The molecule has 0 amide bonds. The van der Waals surface area contributed by atoms with E-state index in [-0.39, 0.29) is 6.10 Å². The van der Waals surface area contributed by atoms with Crippen molar-refractivity contribution in [3.8, 4) is 11.5 Å². The van der Waals surface area contributed by atoms with Gasteiger partial charge >= 0.3 is 0 Å². The fourth-order valence-corrected chi connectivity index (χ4v) is 3.00. The van der Waals surface area contributed by atoms with Gasteiger partial charge in [0.1, 0.15) is 6.61 Å². The Morgan fingerprint density at radius 3 is 2.54 bits per heavy atom. The van der Waals surface area contributed by atoms with E-state index < -0.39 is 0 Å². The Morgan fingerprint density at radius 2 is 1.83 bits per heavy atom. The molecule has 1 N–H and O–H groups in total. The third-order valence-corrected chi connectivity index (χ3v) is 4.28. The molecule has 0 aromatic heterocycles. The first-order valence-corrected chi connectivity index (χ1v) is 8.41. The van der Waals surface area contributed by atoms with E-state index in [2.05, 4.69) is 37.4 Å². The van der Waals surface area contributed by atoms with Gasteiger partial charge in [0, 0.05) is 12.7 Å². The van der Waals surface area contributed by atoms with Crippen molar-refractivity contribution in [3.63, 3.8) is 0 Å². The van der Waals surface area contributed by atoms with Crippen LogP contribution in [-0.4, -0.2) is 36.3 Å². The topological polar surface area (TPSA) is 33.7 Å². The molecular weight excluding hydrogens is 320 g/mol. The van der Waals surface area contributed by atoms with Gasteiger partial charge in [0.15, 0.2) is 22.7 Å². The Hall–Kier alpha value is -2.27. The Bertz CT molecular complexity index is 728. The van der Waals surface area contributed by atoms with Gasteiger partial charge in [-0.1, -0.05) is 18.2 Å². The lowest BCUT2D eigenvalue weighted by atomic mass is 10.1. The number of anilines is 1. The maximum Gasteiger partial charge on any atom is 0.173 e. The fourth-order valence-electron chi connectivity index (χ4n) is 2.81. The summed E-state index contributed by atoms with van der Waals surface area (Å²) in [7, 11) is 1.96. The summed E-state index contributed by atoms with van der Waals surface area (Å²) in [4.78, 5) is 1.98. The smallest absolute Gasteiger partial charge is 0.173 e. The van der Waals surface area contributed by atoms with Gasteiger partial charge in [-0.25, -0.2) is 0 Å². The molecule has 1 aliphatic heterocycles. The van der Waals surface area contributed by atoms with Gasteiger partial charge in [0.2, 0.25) is 0 Å². The summed E-state index contributed by atoms with van der Waals surface area (Å²) in [6.07, 6.45) is -0.0519. The van der Waals surface area contributed by atoms with Crippen molar-refractivity contribution in [1.29, 1.82) is 0 Å². The first-order chi connectivity index (χ1) is 11.5. The second-order valence-electron chi connectivity index (χ2n) is 6.18. The maximum atomic E-state index is 5.99. The molecule has 0 saturated carbocycles. The summed E-state index contributed by atoms with van der Waals surface area (Å²) in [6.45, 7) is 5.34. The van der Waals surface area contributed by atoms with Crippen LogP contribution in [0.3, 0.4) is 0 Å². The predicted molar refractivity (Wildman–Crippen MR) is 101 cm³/mol. The number of likely N-dealkylation sites (N-methyl/N-ethyl adjacent to an activating group) is 1. The van der Waals surface area contributed by atoms with Crippen LogP contribution in [0.5, 0.6) is 11.5 Å². The predicted octanol–water partition coefficient (Wildman–Crippen LogP) is 3.77. The van der Waals surface area contributed by atoms with Crippen molar-refractivity contribution >= 4 is 23.0 Å². The highest BCUT2D eigenvalue weighted by Gasteiger charge is 2.22. The minimum Gasteiger partial charge on any atom is -0.486 e. The molecule has 0 aliphatic carbocycles. The third kappa shape index (κ3) is 3.97. The second kappa shape index (κ2) is 7.09. The standard InChI is InChI=1S/C19H22N2O2S/c1-13-8-14(2)10-15(9-13)20-19(24)21(3)11-16-12-22-17-6-4-5-7-18(17)23-16/h4-10,16H,11-12H2,1-3H3,(H,20,24)/t16-/m1/s1. The van der Waals surface area contributed by atoms with Crippen molar-refractivity contribution in [2.24, 2.45) is 0 Å². The Morgan fingerprint density at radius 1 is 1.17 bits per heavy atom. The van der Waals surface area contributed by atoms with Crippen LogP contribution in [0.2, 0.25) is 0 Å². The number of rotatable bonds is 3. The van der Waals surface area contributed by atoms with Crippen molar-refractivity contribution < 1.29 is 9.47 Å². The van der Waals surface area contributed by atoms with Crippen molar-refractivity contribution in [2.45, 2.75) is 20.0 Å². The molecule has 5 heteroatoms. The second-order valence-corrected chi connectivity index (χ2v) is 6.57. The molecule has 0 spiro atoms. The number of fused-ring (bicyclic) bond motifs is 1. The Kier molecular flexibility index (Phi) is 4.90. The minimum absolute atomic E-state index is 0.0519. The molecule has 0 fully saturated rings. The molecule has 24 heavy (non-hydrogen) atoms. The van der Waals surface area contributed by atoms with E-state index in [1.807, 2.05) is 36.2 Å². The minimum atomic E-state index is -0.0519. The van der Waals surface area contributed by atoms with Crippen molar-refractivity contribution in [1.82, 2.24) is 4.90 Å². The highest BCUT2D eigenvalue weighted by Crippen LogP contribution is 2.31. The van der Waals surface area contributed by atoms with Crippen LogP contribution in [0.1, 0.15) is 11.1 Å². The normalized spacial score (nSPS) is 15.7. The molecule has 1 heterocycles. The number of thiocarbonyl (C=S) groups is 1. The number of nitrogens with zero attached hydrogens (tertiary/aromatic N) is 1. The molecule has 4 nitrogen and oxygen atoms in total. The average Bonchev–Trinajstić information content (AvgIpc) is 2.53. The summed E-state index contributed by atoms with van der Waals surface area (Å²) in [6, 6.07) is 14.0. The first-order valence-electron chi connectivity index (χ1n) is 8.00. The number of aryl methyl sites for hydroxylation is 2. The van der Waals surface area contributed by atoms with Crippen LogP contribution in [0.4, 0.5) is 5.69 Å². The zero-order valence-electron chi connectivity index (χ0n) is 14.2. The van der Waals surface area contributed by atoms with Gasteiger partial charge in [-0.2, -0.15) is 0 Å². The molecule has 0 unspecified atom stereocenters. The summed E-state index contributed by atoms with van der Waals surface area (Å²) < 4.78 is 11.7. The maximum absolute atomic E-state index is 5.99. The number of nitrogens with one attached hydrogen (secondary N) is 1. The fraction of sp³-hybridized carbons (Fsp3) is 0.316. The number of hydrogen-bond acceptors (Lipinski definition) is 3. The number of hydrogen-bond donors (Lipinski definition) is 1. The zero-order valence-corrected chi connectivity index (χ0v) is 15.0. The quantitative estimate of drug-likeness (QED) is 0.859. The van der Waals surface area contributed by atoms with E-state index in [1.54, 1.807) is 0 Å². The Labute approximate surface area is 148 Å². The summed E-state index contributed by atoms with van der Waals surface area (Å²) in [5, 5.41) is 3.96. The first kappa shape index (κ1) is 16.6. The molecule has 3 rings (SSSR count). The van der Waals surface area contributed by atoms with Crippen LogP contribution < -0.4 is 14.8 Å². The van der Waals surface area contributed by atoms with Gasteiger partial charge in [0.05, 0.1) is 6.54 Å². The lowest BCUT2D eigenvalue weighted by molar-refractivity contribution is 0.0784. The average molecular weight is 342 g/mol. The molecule has 0 radical (unpaired) electrons. The highest BCUT2D eigenvalue weighted by atomic mass is 32.1. The highest BCUT2D eigenvalue weighted by molar-refractivity contribution is 7.80. The largest absolute Gasteiger partial charge is 0.486 e. The van der Waals surface area contributed by atoms with Crippen LogP contribution in [0.25, 0.3) is 0 Å². The molecule has 1 aliphatic rings. The van der Waals surface area contributed by atoms with E-state index >= 15 is 0 Å². The summed E-state index contributed by atoms with van der Waals surface area (Å²) >= 11 is 5.51. The molecule has 126 valence electrons. The van der Waals surface area contributed by atoms with Crippen LogP contribution in [0, 0.1) is 13.8 Å². The third-order valence-electron chi connectivity index (χ3n) is 3.86. The van der Waals surface area contributed by atoms with Crippen LogP contribution >= 0.6 is 12.2 Å². The molecular formula is C19H22N2O2S. The monoisotopic (exact) mass is 342 g/mol. The molecule has 0 bridgehead atoms. The number of para-hydroxylation sites is 2. The van der Waals surface area contributed by atoms with Gasteiger partial charge in [0.25, 0.3) is 0 Å². The van der Waals surface area contributed by atoms with E-state index in [4.69, 9.17) is 21.7 Å². The molecule has 2 aromatic carbocycles. The van der Waals surface area contributed by atoms with Gasteiger partial charge < -0.3 is 19.7 Å². The summed E-state index contributed by atoms with van der Waals surface area (Å²) in [5.74, 6) is 1.59. The zero-order chi connectivity index (χ0) is 17.1. The lowest BCUT2D eigenvalue weighted by Gasteiger charge is -2.30. The van der Waals surface area contributed by atoms with Gasteiger partial charge in [-0.15, -0.1) is 0 Å². The van der Waals surface area contributed by atoms with E-state index in [0.29, 0.717) is 18.3 Å². The number of benzene rings is 2. The molecule has 2 aromatic rings. The number of ether oxygens (including phenoxy) is 2. The van der Waals surface area contributed by atoms with Crippen LogP contribution in [0.15, 0.2) is 42.5 Å². The van der Waals surface area contributed by atoms with E-state index in [1.165, 1.54) is 11.1 Å². The van der Waals surface area contributed by atoms with E-state index in [0.717, 1.165) is 17.2 Å². The van der Waals surface area contributed by atoms with Crippen molar-refractivity contribution in [3.05, 3.63) is 53.6 Å². The SMILES string of the molecule is Cc1cc(C)cc(NC(=S)N(C)C[C@@H]2COc3ccccc3O2)c1. The lowest BCUT2D eigenvalue weighted by Crippen LogP contribution is -2.43. The molecule has 0 saturated heterocycles. The molecule has 1 atom stereocenters. The van der Waals surface area contributed by atoms with Crippen molar-refractivity contribution in [2.75, 3.05) is 25.5 Å². The Balaban J connectivity index is 1.59. The van der Waals surface area contributed by atoms with Crippen LogP contribution in [-0.2, 0) is 0 Å². The van der Waals surface area contributed by atoms with E-state index in [9.17, 15) is 0 Å². The summed E-state index contributed by atoms with van der Waals surface area (Å²) in [5.41, 5.74) is 3.43. The van der Waals surface area contributed by atoms with Gasteiger partial charge in [-0.3, -0.25) is 0 Å².